The van der Waals surface area contributed by atoms with Crippen molar-refractivity contribution in [2.75, 3.05) is 6.61 Å². The zero-order valence-corrected chi connectivity index (χ0v) is 15.1. The second kappa shape index (κ2) is 8.01. The number of nitrogens with zero attached hydrogens (tertiary/aromatic N) is 1. The monoisotopic (exact) mass is 362 g/mol. The highest BCUT2D eigenvalue weighted by molar-refractivity contribution is 5.83. The van der Waals surface area contributed by atoms with E-state index in [-0.39, 0.29) is 28.8 Å². The smallest absolute Gasteiger partial charge is 0.239 e. The Hall–Kier alpha value is -2.19. The van der Waals surface area contributed by atoms with E-state index in [0.717, 1.165) is 11.3 Å². The van der Waals surface area contributed by atoms with E-state index in [9.17, 15) is 14.9 Å². The topological polar surface area (TPSA) is 106 Å². The van der Waals surface area contributed by atoms with Crippen molar-refractivity contribution in [2.45, 2.75) is 57.3 Å². The predicted molar refractivity (Wildman–Crippen MR) is 96.1 cm³/mol. The number of nitrogens with one attached hydrogen (secondary N) is 3. The van der Waals surface area contributed by atoms with Gasteiger partial charge in [-0.3, -0.25) is 20.3 Å². The van der Waals surface area contributed by atoms with E-state index in [1.165, 1.54) is 0 Å². The second-order valence-corrected chi connectivity index (χ2v) is 7.02. The van der Waals surface area contributed by atoms with Crippen LogP contribution in [0, 0.1) is 16.0 Å². The summed E-state index contributed by atoms with van der Waals surface area (Å²) < 4.78 is 5.43. The minimum absolute atomic E-state index is 0.0633. The van der Waals surface area contributed by atoms with Gasteiger partial charge < -0.3 is 10.1 Å². The van der Waals surface area contributed by atoms with Crippen LogP contribution in [0.4, 0.5) is 0 Å². The number of fused-ring (bicyclic) bond motifs is 1. The maximum Gasteiger partial charge on any atom is 0.239 e. The molecule has 1 aromatic carbocycles. The normalized spacial score (nSPS) is 28.8. The lowest BCUT2D eigenvalue weighted by Crippen LogP contribution is -2.47. The SMILES string of the molecule is CCOc1ccc(C(C)NC(=O)C2NNC3CCC([N+](=O)[O-])CC32)cc1. The maximum absolute atomic E-state index is 12.7. The van der Waals surface area contributed by atoms with Crippen LogP contribution >= 0.6 is 0 Å². The molecule has 2 aliphatic rings. The Kier molecular flexibility index (Phi) is 5.73. The van der Waals surface area contributed by atoms with Crippen molar-refractivity contribution in [3.05, 3.63) is 39.9 Å². The van der Waals surface area contributed by atoms with Gasteiger partial charge in [0.1, 0.15) is 11.8 Å². The van der Waals surface area contributed by atoms with Gasteiger partial charge in [-0.15, -0.1) is 0 Å². The third-order valence-electron chi connectivity index (χ3n) is 5.35. The average Bonchev–Trinajstić information content (AvgIpc) is 3.05. The fraction of sp³-hybridized carbons (Fsp3) is 0.611. The van der Waals surface area contributed by atoms with Crippen LogP contribution in [0.1, 0.15) is 44.7 Å². The lowest BCUT2D eigenvalue weighted by atomic mass is 9.79. The molecule has 0 bridgehead atoms. The van der Waals surface area contributed by atoms with E-state index in [2.05, 4.69) is 16.2 Å². The predicted octanol–water partition coefficient (Wildman–Crippen LogP) is 1.55. The first-order valence-corrected chi connectivity index (χ1v) is 9.17. The lowest BCUT2D eigenvalue weighted by molar-refractivity contribution is -0.528. The fourth-order valence-electron chi connectivity index (χ4n) is 3.89. The summed E-state index contributed by atoms with van der Waals surface area (Å²) in [5.74, 6) is 0.606. The molecule has 5 unspecified atom stereocenters. The van der Waals surface area contributed by atoms with Gasteiger partial charge in [-0.1, -0.05) is 12.1 Å². The molecule has 1 amide bonds. The summed E-state index contributed by atoms with van der Waals surface area (Å²) in [6.07, 6.45) is 1.69. The average molecular weight is 362 g/mol. The Morgan fingerprint density at radius 2 is 2.08 bits per heavy atom. The van der Waals surface area contributed by atoms with Crippen molar-refractivity contribution in [1.29, 1.82) is 0 Å². The fourth-order valence-corrected chi connectivity index (χ4v) is 3.89. The van der Waals surface area contributed by atoms with E-state index in [0.29, 0.717) is 25.9 Å². The molecule has 8 nitrogen and oxygen atoms in total. The van der Waals surface area contributed by atoms with Crippen LogP contribution < -0.4 is 20.9 Å². The van der Waals surface area contributed by atoms with Gasteiger partial charge >= 0.3 is 0 Å². The summed E-state index contributed by atoms with van der Waals surface area (Å²) >= 11 is 0. The number of hydrazine groups is 1. The Balaban J connectivity index is 1.61. The molecular formula is C18H26N4O4. The number of benzene rings is 1. The van der Waals surface area contributed by atoms with Crippen molar-refractivity contribution >= 4 is 5.91 Å². The molecule has 1 saturated carbocycles. The quantitative estimate of drug-likeness (QED) is 0.524. The summed E-state index contributed by atoms with van der Waals surface area (Å²) in [4.78, 5) is 23.6. The summed E-state index contributed by atoms with van der Waals surface area (Å²) in [7, 11) is 0. The van der Waals surface area contributed by atoms with Crippen molar-refractivity contribution < 1.29 is 14.5 Å². The molecule has 2 fully saturated rings. The van der Waals surface area contributed by atoms with Crippen LogP contribution in [-0.4, -0.2) is 35.6 Å². The van der Waals surface area contributed by atoms with E-state index >= 15 is 0 Å². The first-order chi connectivity index (χ1) is 12.5. The standard InChI is InChI=1S/C18H26N4O4/c1-3-26-14-7-4-12(5-8-14)11(2)19-18(23)17-15-10-13(22(24)25)6-9-16(15)20-21-17/h4-5,7-8,11,13,15-17,20-21H,3,6,9-10H2,1-2H3,(H,19,23). The van der Waals surface area contributed by atoms with Gasteiger partial charge in [0.2, 0.25) is 11.9 Å². The molecule has 1 aliphatic heterocycles. The molecule has 3 N–H and O–H groups in total. The number of ether oxygens (including phenoxy) is 1. The van der Waals surface area contributed by atoms with Crippen molar-refractivity contribution in [2.24, 2.45) is 5.92 Å². The highest BCUT2D eigenvalue weighted by Crippen LogP contribution is 2.32. The Bertz CT molecular complexity index is 651. The molecule has 26 heavy (non-hydrogen) atoms. The molecule has 8 heteroatoms. The second-order valence-electron chi connectivity index (χ2n) is 7.02. The zero-order chi connectivity index (χ0) is 18.7. The Morgan fingerprint density at radius 3 is 2.73 bits per heavy atom. The van der Waals surface area contributed by atoms with Gasteiger partial charge in [-0.25, -0.2) is 5.43 Å². The third kappa shape index (κ3) is 3.96. The summed E-state index contributed by atoms with van der Waals surface area (Å²) in [6.45, 7) is 4.47. The molecule has 142 valence electrons. The van der Waals surface area contributed by atoms with E-state index in [4.69, 9.17) is 4.74 Å². The van der Waals surface area contributed by atoms with Crippen LogP contribution in [0.2, 0.25) is 0 Å². The number of carbonyl (C=O) groups is 1. The molecule has 0 spiro atoms. The molecule has 3 rings (SSSR count). The first-order valence-electron chi connectivity index (χ1n) is 9.17. The van der Waals surface area contributed by atoms with Gasteiger partial charge in [0.25, 0.3) is 0 Å². The molecule has 1 aliphatic carbocycles. The largest absolute Gasteiger partial charge is 0.494 e. The van der Waals surface area contributed by atoms with Gasteiger partial charge in [-0.2, -0.15) is 0 Å². The minimum atomic E-state index is -0.559. The molecule has 1 aromatic rings. The molecule has 5 atom stereocenters. The number of hydrogen-bond donors (Lipinski definition) is 3. The highest BCUT2D eigenvalue weighted by Gasteiger charge is 2.46. The molecule has 1 heterocycles. The molecular weight excluding hydrogens is 336 g/mol. The van der Waals surface area contributed by atoms with Gasteiger partial charge in [-0.05, 0) is 38.0 Å². The summed E-state index contributed by atoms with van der Waals surface area (Å²) in [6, 6.07) is 6.58. The molecule has 1 saturated heterocycles. The van der Waals surface area contributed by atoms with Crippen LogP contribution in [0.3, 0.4) is 0 Å². The van der Waals surface area contributed by atoms with Crippen molar-refractivity contribution in [3.8, 4) is 5.75 Å². The van der Waals surface area contributed by atoms with Gasteiger partial charge in [0.15, 0.2) is 0 Å². The number of amides is 1. The van der Waals surface area contributed by atoms with Crippen LogP contribution in [0.15, 0.2) is 24.3 Å². The van der Waals surface area contributed by atoms with Gasteiger partial charge in [0, 0.05) is 29.7 Å². The van der Waals surface area contributed by atoms with E-state index < -0.39 is 12.1 Å². The molecule has 0 aromatic heterocycles. The van der Waals surface area contributed by atoms with E-state index in [1.54, 1.807) is 0 Å². The maximum atomic E-state index is 12.7. The number of hydrogen-bond acceptors (Lipinski definition) is 6. The minimum Gasteiger partial charge on any atom is -0.494 e. The van der Waals surface area contributed by atoms with Crippen LogP contribution in [0.5, 0.6) is 5.75 Å². The van der Waals surface area contributed by atoms with Crippen LogP contribution in [-0.2, 0) is 4.79 Å². The number of carbonyl (C=O) groups excluding carboxylic acids is 1. The highest BCUT2D eigenvalue weighted by atomic mass is 16.6. The zero-order valence-electron chi connectivity index (χ0n) is 15.1. The Morgan fingerprint density at radius 1 is 1.35 bits per heavy atom. The molecule has 0 radical (unpaired) electrons. The van der Waals surface area contributed by atoms with Crippen LogP contribution in [0.25, 0.3) is 0 Å². The van der Waals surface area contributed by atoms with Crippen molar-refractivity contribution in [1.82, 2.24) is 16.2 Å². The van der Waals surface area contributed by atoms with E-state index in [1.807, 2.05) is 38.1 Å². The summed E-state index contributed by atoms with van der Waals surface area (Å²) in [5, 5.41) is 14.1. The third-order valence-corrected chi connectivity index (χ3v) is 5.35. The lowest BCUT2D eigenvalue weighted by Gasteiger charge is -2.29. The Labute approximate surface area is 152 Å². The number of nitro groups is 1. The first kappa shape index (κ1) is 18.6. The van der Waals surface area contributed by atoms with Crippen molar-refractivity contribution in [3.63, 3.8) is 0 Å². The van der Waals surface area contributed by atoms with Gasteiger partial charge in [0.05, 0.1) is 12.6 Å². The summed E-state index contributed by atoms with van der Waals surface area (Å²) in [5.41, 5.74) is 7.15. The number of rotatable bonds is 6.